The number of allylic oxidation sites excluding steroid dienone is 4. The summed E-state index contributed by atoms with van der Waals surface area (Å²) in [5.74, 6) is 0. The number of rotatable bonds is 7. The fourth-order valence-electron chi connectivity index (χ4n) is 8.75. The Bertz CT molecular complexity index is 2860. The monoisotopic (exact) mass is 726 g/mol. The van der Waals surface area contributed by atoms with Gasteiger partial charge in [0, 0.05) is 38.6 Å². The first-order valence-corrected chi connectivity index (χ1v) is 19.8. The molecule has 1 aliphatic rings. The van der Waals surface area contributed by atoms with Gasteiger partial charge in [0.2, 0.25) is 0 Å². The summed E-state index contributed by atoms with van der Waals surface area (Å²) in [5, 5.41) is 5.00. The van der Waals surface area contributed by atoms with Gasteiger partial charge < -0.3 is 9.47 Å². The maximum absolute atomic E-state index is 4.08. The van der Waals surface area contributed by atoms with Crippen molar-refractivity contribution < 1.29 is 0 Å². The predicted molar refractivity (Wildman–Crippen MR) is 244 cm³/mol. The largest absolute Gasteiger partial charge is 0.310 e. The van der Waals surface area contributed by atoms with Gasteiger partial charge in [0.05, 0.1) is 16.7 Å². The molecule has 1 aliphatic carbocycles. The summed E-state index contributed by atoms with van der Waals surface area (Å²) in [6.07, 6.45) is 5.76. The Morgan fingerprint density at radius 2 is 1.30 bits per heavy atom. The van der Waals surface area contributed by atoms with E-state index in [1.807, 2.05) is 32.1 Å². The summed E-state index contributed by atoms with van der Waals surface area (Å²) in [6, 6.07) is 49.8. The van der Waals surface area contributed by atoms with Crippen LogP contribution in [-0.4, -0.2) is 4.57 Å². The Labute approximate surface area is 332 Å². The van der Waals surface area contributed by atoms with E-state index in [1.54, 1.807) is 0 Å². The lowest BCUT2D eigenvalue weighted by atomic mass is 9.81. The minimum Gasteiger partial charge on any atom is -0.310 e. The number of anilines is 3. The van der Waals surface area contributed by atoms with E-state index in [2.05, 4.69) is 191 Å². The van der Waals surface area contributed by atoms with Crippen LogP contribution in [0.2, 0.25) is 0 Å². The van der Waals surface area contributed by atoms with Gasteiger partial charge in [-0.1, -0.05) is 131 Å². The number of aromatic nitrogens is 1. The fraction of sp³-hybridized carbons (Fsp3) is 0.148. The van der Waals surface area contributed by atoms with Crippen molar-refractivity contribution in [3.8, 4) is 16.8 Å². The quantitative estimate of drug-likeness (QED) is 0.148. The van der Waals surface area contributed by atoms with Gasteiger partial charge in [-0.25, -0.2) is 0 Å². The van der Waals surface area contributed by atoms with Gasteiger partial charge in [-0.3, -0.25) is 0 Å². The second kappa shape index (κ2) is 14.4. The Balaban J connectivity index is 0.00000217. The molecule has 0 saturated carbocycles. The highest BCUT2D eigenvalue weighted by Gasteiger charge is 2.38. The molecule has 0 radical (unpaired) electrons. The normalized spacial score (nSPS) is 12.9. The van der Waals surface area contributed by atoms with E-state index >= 15 is 0 Å². The van der Waals surface area contributed by atoms with Crippen molar-refractivity contribution >= 4 is 55.2 Å². The van der Waals surface area contributed by atoms with Crippen molar-refractivity contribution in [3.05, 3.63) is 198 Å². The number of nitrogens with zero attached hydrogens (tertiary/aromatic N) is 2. The molecule has 9 rings (SSSR count). The maximum atomic E-state index is 4.08. The predicted octanol–water partition coefficient (Wildman–Crippen LogP) is 15.4. The summed E-state index contributed by atoms with van der Waals surface area (Å²) in [5.41, 5.74) is 18.2. The number of hydrogen-bond donors (Lipinski definition) is 0. The molecular formula is C54H50N2. The van der Waals surface area contributed by atoms with Crippen molar-refractivity contribution in [2.75, 3.05) is 4.90 Å². The van der Waals surface area contributed by atoms with Crippen molar-refractivity contribution in [1.82, 2.24) is 4.57 Å². The Kier molecular flexibility index (Phi) is 9.38. The van der Waals surface area contributed by atoms with E-state index < -0.39 is 0 Å². The molecule has 0 amide bonds. The topological polar surface area (TPSA) is 8.17 Å². The zero-order chi connectivity index (χ0) is 39.3. The Hall–Kier alpha value is -6.38. The fourth-order valence-corrected chi connectivity index (χ4v) is 8.75. The smallest absolute Gasteiger partial charge is 0.0543 e. The van der Waals surface area contributed by atoms with Crippen LogP contribution in [0.5, 0.6) is 0 Å². The van der Waals surface area contributed by atoms with Gasteiger partial charge in [0.1, 0.15) is 0 Å². The van der Waals surface area contributed by atoms with Gasteiger partial charge in [-0.2, -0.15) is 0 Å². The third kappa shape index (κ3) is 5.80. The van der Waals surface area contributed by atoms with Crippen molar-refractivity contribution in [2.45, 2.75) is 53.9 Å². The minimum atomic E-state index is -0.248. The van der Waals surface area contributed by atoms with Crippen LogP contribution in [0.4, 0.5) is 17.1 Å². The summed E-state index contributed by atoms with van der Waals surface area (Å²) < 4.78 is 2.44. The first kappa shape index (κ1) is 36.6. The van der Waals surface area contributed by atoms with Gasteiger partial charge in [0.25, 0.3) is 0 Å². The Morgan fingerprint density at radius 1 is 0.607 bits per heavy atom. The Morgan fingerprint density at radius 3 is 2.02 bits per heavy atom. The third-order valence-electron chi connectivity index (χ3n) is 11.7. The van der Waals surface area contributed by atoms with Crippen molar-refractivity contribution in [3.63, 3.8) is 0 Å². The summed E-state index contributed by atoms with van der Waals surface area (Å²) in [4.78, 5) is 2.44. The first-order chi connectivity index (χ1) is 27.2. The number of aryl methyl sites for hydroxylation is 3. The van der Waals surface area contributed by atoms with Crippen LogP contribution in [0.25, 0.3) is 55.0 Å². The van der Waals surface area contributed by atoms with Crippen LogP contribution in [0.1, 0.15) is 61.1 Å². The number of para-hydroxylation sites is 1. The molecule has 1 heterocycles. The van der Waals surface area contributed by atoms with Crippen LogP contribution in [0.3, 0.4) is 0 Å². The molecule has 0 unspecified atom stereocenters. The maximum Gasteiger partial charge on any atom is 0.0543 e. The first-order valence-electron chi connectivity index (χ1n) is 19.8. The lowest BCUT2D eigenvalue weighted by molar-refractivity contribution is 0.660. The second-order valence-electron chi connectivity index (χ2n) is 15.3. The molecule has 0 bridgehead atoms. The molecule has 2 heteroatoms. The third-order valence-corrected chi connectivity index (χ3v) is 11.7. The molecule has 8 aromatic rings. The molecule has 0 atom stereocenters. The van der Waals surface area contributed by atoms with Gasteiger partial charge in [0.15, 0.2) is 0 Å². The van der Waals surface area contributed by atoms with E-state index in [9.17, 15) is 0 Å². The molecule has 0 N–H and O–H groups in total. The van der Waals surface area contributed by atoms with Crippen LogP contribution in [0, 0.1) is 20.8 Å². The molecule has 0 fully saturated rings. The zero-order valence-corrected chi connectivity index (χ0v) is 33.7. The zero-order valence-electron chi connectivity index (χ0n) is 33.7. The van der Waals surface area contributed by atoms with Gasteiger partial charge in [-0.15, -0.1) is 0 Å². The van der Waals surface area contributed by atoms with Crippen LogP contribution in [0.15, 0.2) is 165 Å². The average Bonchev–Trinajstić information content (AvgIpc) is 3.66. The molecule has 0 aliphatic heterocycles. The van der Waals surface area contributed by atoms with E-state index in [1.165, 1.54) is 82.9 Å². The highest BCUT2D eigenvalue weighted by Crippen LogP contribution is 2.55. The SMILES string of the molecule is C=C/C=C(\C=C)c1ccc2c(c1)c1cc(C)ccc1n2-c1ccc2c(c1)C(C)(C)c1cc(N(c3ccccc3)c3ccc(C)c(C)c3)c3ccccc3c1-2.CC. The van der Waals surface area contributed by atoms with Crippen LogP contribution < -0.4 is 4.90 Å². The highest BCUT2D eigenvalue weighted by molar-refractivity contribution is 6.12. The number of benzene rings is 7. The summed E-state index contributed by atoms with van der Waals surface area (Å²) >= 11 is 0. The van der Waals surface area contributed by atoms with E-state index in [-0.39, 0.29) is 5.41 Å². The van der Waals surface area contributed by atoms with Crippen LogP contribution in [-0.2, 0) is 5.41 Å². The standard InChI is InChI=1S/C52H44N2.C2H6/c1-8-15-36(9-2)37-22-27-49-45(30-37)44-28-33(3)20-26-48(44)54(49)40-24-25-43-46(31-40)52(6,7)47-32-50(41-18-13-14-19-42(41)51(43)47)53(38-16-11-10-12-17-38)39-23-21-34(4)35(5)29-39;1-2/h8-32H,1-2H2,3-7H3;1-2H3/b36-15+;. The molecule has 7 aromatic carbocycles. The lowest BCUT2D eigenvalue weighted by Crippen LogP contribution is -2.17. The van der Waals surface area contributed by atoms with Crippen molar-refractivity contribution in [2.24, 2.45) is 0 Å². The van der Waals surface area contributed by atoms with Crippen LogP contribution >= 0.6 is 0 Å². The summed E-state index contributed by atoms with van der Waals surface area (Å²) in [6.45, 7) is 23.4. The minimum absolute atomic E-state index is 0.248. The summed E-state index contributed by atoms with van der Waals surface area (Å²) in [7, 11) is 0. The molecule has 2 nitrogen and oxygen atoms in total. The van der Waals surface area contributed by atoms with E-state index in [4.69, 9.17) is 0 Å². The molecule has 56 heavy (non-hydrogen) atoms. The van der Waals surface area contributed by atoms with Crippen molar-refractivity contribution in [1.29, 1.82) is 0 Å². The molecule has 1 aromatic heterocycles. The molecule has 0 spiro atoms. The number of fused-ring (bicyclic) bond motifs is 8. The van der Waals surface area contributed by atoms with E-state index in [0.29, 0.717) is 0 Å². The van der Waals surface area contributed by atoms with Gasteiger partial charge in [-0.05, 0) is 137 Å². The average molecular weight is 727 g/mol. The molecule has 0 saturated heterocycles. The lowest BCUT2D eigenvalue weighted by Gasteiger charge is -2.30. The molecule has 276 valence electrons. The van der Waals surface area contributed by atoms with E-state index in [0.717, 1.165) is 22.5 Å². The second-order valence-corrected chi connectivity index (χ2v) is 15.3. The molecular weight excluding hydrogens is 677 g/mol. The number of hydrogen-bond acceptors (Lipinski definition) is 1. The highest BCUT2D eigenvalue weighted by atomic mass is 15.1. The van der Waals surface area contributed by atoms with Gasteiger partial charge >= 0.3 is 0 Å².